The van der Waals surface area contributed by atoms with Crippen molar-refractivity contribution in [3.05, 3.63) is 0 Å². The molecule has 1 rings (SSSR count). The molecule has 1 unspecified atom stereocenters. The van der Waals surface area contributed by atoms with Gasteiger partial charge in [0.1, 0.15) is 0 Å². The van der Waals surface area contributed by atoms with E-state index in [1.54, 1.807) is 6.92 Å². The topological polar surface area (TPSA) is 12.5 Å². The zero-order valence-electron chi connectivity index (χ0n) is 6.32. The molecule has 0 aromatic heterocycles. The zero-order chi connectivity index (χ0) is 7.99. The van der Waals surface area contributed by atoms with Crippen molar-refractivity contribution in [3.63, 3.8) is 0 Å². The fraction of sp³-hybridized carbons (Fsp3) is 1.00. The quantitative estimate of drug-likeness (QED) is 0.325. The minimum absolute atomic E-state index is 0.169. The normalized spacial score (nSPS) is 40.5. The largest absolute Gasteiger partial charge is 0.344 e. The van der Waals surface area contributed by atoms with Gasteiger partial charge in [-0.15, -0.1) is 0 Å². The SMILES string of the molecule is CC1(C)COC(C)(Cl)N1Cl. The van der Waals surface area contributed by atoms with Crippen molar-refractivity contribution in [2.24, 2.45) is 0 Å². The molecule has 0 bridgehead atoms. The van der Waals surface area contributed by atoms with E-state index in [0.717, 1.165) is 0 Å². The Kier molecular flexibility index (Phi) is 1.93. The van der Waals surface area contributed by atoms with Crippen LogP contribution in [0.5, 0.6) is 0 Å². The molecule has 10 heavy (non-hydrogen) atoms. The average Bonchev–Trinajstić information content (AvgIpc) is 1.95. The lowest BCUT2D eigenvalue weighted by atomic mass is 10.1. The smallest absolute Gasteiger partial charge is 0.209 e. The summed E-state index contributed by atoms with van der Waals surface area (Å²) in [5.41, 5.74) is -0.169. The molecule has 1 saturated heterocycles. The van der Waals surface area contributed by atoms with Crippen LogP contribution in [0.3, 0.4) is 0 Å². The maximum atomic E-state index is 5.87. The fourth-order valence-corrected chi connectivity index (χ4v) is 1.34. The van der Waals surface area contributed by atoms with E-state index >= 15 is 0 Å². The number of halogens is 2. The lowest BCUT2D eigenvalue weighted by Crippen LogP contribution is -2.40. The fourth-order valence-electron chi connectivity index (χ4n) is 0.962. The maximum Gasteiger partial charge on any atom is 0.209 e. The molecular formula is C6H11Cl2NO. The third-order valence-corrected chi connectivity index (χ3v) is 2.72. The van der Waals surface area contributed by atoms with E-state index in [2.05, 4.69) is 0 Å². The Morgan fingerprint density at radius 1 is 1.40 bits per heavy atom. The highest BCUT2D eigenvalue weighted by atomic mass is 35.5. The highest BCUT2D eigenvalue weighted by Crippen LogP contribution is 2.38. The molecule has 0 spiro atoms. The molecule has 1 aliphatic rings. The van der Waals surface area contributed by atoms with Gasteiger partial charge in [-0.25, -0.2) is 0 Å². The molecule has 1 heterocycles. The molecule has 0 radical (unpaired) electrons. The van der Waals surface area contributed by atoms with Gasteiger partial charge >= 0.3 is 0 Å². The van der Waals surface area contributed by atoms with Crippen molar-refractivity contribution in [2.45, 2.75) is 31.5 Å². The van der Waals surface area contributed by atoms with Gasteiger partial charge in [-0.3, -0.25) is 0 Å². The van der Waals surface area contributed by atoms with Crippen LogP contribution >= 0.6 is 23.4 Å². The minimum Gasteiger partial charge on any atom is -0.344 e. The Bertz CT molecular complexity index is 131. The second-order valence-electron chi connectivity index (χ2n) is 3.25. The van der Waals surface area contributed by atoms with Crippen LogP contribution in [0.15, 0.2) is 0 Å². The Morgan fingerprint density at radius 3 is 2.00 bits per heavy atom. The van der Waals surface area contributed by atoms with E-state index in [4.69, 9.17) is 28.1 Å². The van der Waals surface area contributed by atoms with Crippen LogP contribution in [-0.4, -0.2) is 21.7 Å². The highest BCUT2D eigenvalue weighted by Gasteiger charge is 2.47. The van der Waals surface area contributed by atoms with Crippen molar-refractivity contribution in [1.29, 1.82) is 0 Å². The van der Waals surface area contributed by atoms with Crippen LogP contribution in [-0.2, 0) is 4.74 Å². The van der Waals surface area contributed by atoms with Crippen LogP contribution in [0, 0.1) is 0 Å². The Morgan fingerprint density at radius 2 is 1.90 bits per heavy atom. The van der Waals surface area contributed by atoms with Gasteiger partial charge in [-0.05, 0) is 32.5 Å². The second-order valence-corrected chi connectivity index (χ2v) is 4.29. The van der Waals surface area contributed by atoms with Crippen molar-refractivity contribution in [2.75, 3.05) is 6.61 Å². The van der Waals surface area contributed by atoms with Gasteiger partial charge in [0.2, 0.25) is 5.18 Å². The predicted octanol–water partition coefficient (Wildman–Crippen LogP) is 2.16. The minimum atomic E-state index is -0.842. The van der Waals surface area contributed by atoms with Gasteiger partial charge < -0.3 is 4.74 Å². The lowest BCUT2D eigenvalue weighted by molar-refractivity contribution is 0.0443. The summed E-state index contributed by atoms with van der Waals surface area (Å²) in [5.74, 6) is 0. The van der Waals surface area contributed by atoms with E-state index in [1.165, 1.54) is 4.42 Å². The lowest BCUT2D eigenvalue weighted by Gasteiger charge is -2.28. The number of hydrogen-bond acceptors (Lipinski definition) is 2. The molecule has 1 aliphatic heterocycles. The van der Waals surface area contributed by atoms with E-state index < -0.39 is 5.18 Å². The summed E-state index contributed by atoms with van der Waals surface area (Å²) in [6, 6.07) is 0. The standard InChI is InChI=1S/C6H11Cl2NO/c1-5(2)4-10-6(3,7)9(5)8/h4H2,1-3H3. The molecule has 60 valence electrons. The summed E-state index contributed by atoms with van der Waals surface area (Å²) >= 11 is 11.7. The summed E-state index contributed by atoms with van der Waals surface area (Å²) in [5, 5.41) is -0.842. The van der Waals surface area contributed by atoms with Crippen LogP contribution < -0.4 is 0 Å². The molecule has 0 N–H and O–H groups in total. The van der Waals surface area contributed by atoms with Crippen molar-refractivity contribution >= 4 is 23.4 Å². The molecule has 4 heteroatoms. The van der Waals surface area contributed by atoms with E-state index in [0.29, 0.717) is 6.61 Å². The molecule has 0 amide bonds. The van der Waals surface area contributed by atoms with E-state index in [-0.39, 0.29) is 5.54 Å². The van der Waals surface area contributed by atoms with Crippen LogP contribution in [0.1, 0.15) is 20.8 Å². The third-order valence-electron chi connectivity index (χ3n) is 1.57. The van der Waals surface area contributed by atoms with Gasteiger partial charge in [0.15, 0.2) is 0 Å². The number of ether oxygens (including phenoxy) is 1. The first-order valence-electron chi connectivity index (χ1n) is 3.15. The van der Waals surface area contributed by atoms with Crippen molar-refractivity contribution in [1.82, 2.24) is 4.42 Å². The molecule has 0 aromatic rings. The number of alkyl halides is 1. The summed E-state index contributed by atoms with van der Waals surface area (Å²) in [6.07, 6.45) is 0. The first-order chi connectivity index (χ1) is 4.36. The maximum absolute atomic E-state index is 5.87. The van der Waals surface area contributed by atoms with Crippen LogP contribution in [0.4, 0.5) is 0 Å². The predicted molar refractivity (Wildman–Crippen MR) is 42.0 cm³/mol. The zero-order valence-corrected chi connectivity index (χ0v) is 7.83. The average molecular weight is 184 g/mol. The van der Waals surface area contributed by atoms with Gasteiger partial charge in [0.25, 0.3) is 0 Å². The third kappa shape index (κ3) is 1.26. The molecule has 0 aliphatic carbocycles. The summed E-state index contributed by atoms with van der Waals surface area (Å²) in [4.78, 5) is 0. The molecular weight excluding hydrogens is 173 g/mol. The molecule has 0 saturated carbocycles. The monoisotopic (exact) mass is 183 g/mol. The van der Waals surface area contributed by atoms with Gasteiger partial charge in [0, 0.05) is 0 Å². The number of nitrogens with zero attached hydrogens (tertiary/aromatic N) is 1. The van der Waals surface area contributed by atoms with Gasteiger partial charge in [-0.1, -0.05) is 11.6 Å². The van der Waals surface area contributed by atoms with Gasteiger partial charge in [0.05, 0.1) is 12.1 Å². The van der Waals surface area contributed by atoms with Crippen LogP contribution in [0.2, 0.25) is 0 Å². The van der Waals surface area contributed by atoms with E-state index in [9.17, 15) is 0 Å². The van der Waals surface area contributed by atoms with Gasteiger partial charge in [-0.2, -0.15) is 4.42 Å². The number of rotatable bonds is 0. The highest BCUT2D eigenvalue weighted by molar-refractivity contribution is 6.27. The van der Waals surface area contributed by atoms with Crippen molar-refractivity contribution in [3.8, 4) is 0 Å². The summed E-state index contributed by atoms with van der Waals surface area (Å²) < 4.78 is 6.73. The summed E-state index contributed by atoms with van der Waals surface area (Å²) in [7, 11) is 0. The Hall–Kier alpha value is 0.500. The Labute approximate surface area is 71.1 Å². The molecule has 2 nitrogen and oxygen atoms in total. The Balaban J connectivity index is 2.77. The van der Waals surface area contributed by atoms with Crippen LogP contribution in [0.25, 0.3) is 0 Å². The van der Waals surface area contributed by atoms with Crippen molar-refractivity contribution < 1.29 is 4.74 Å². The molecule has 1 fully saturated rings. The summed E-state index contributed by atoms with van der Waals surface area (Å²) in [6.45, 7) is 6.26. The first kappa shape index (κ1) is 8.60. The number of hydrogen-bond donors (Lipinski definition) is 0. The molecule has 0 aromatic carbocycles. The second kappa shape index (κ2) is 2.24. The molecule has 1 atom stereocenters. The first-order valence-corrected chi connectivity index (χ1v) is 3.87. The van der Waals surface area contributed by atoms with E-state index in [1.807, 2.05) is 13.8 Å².